The number of carbonyl (C=O) groups excluding carboxylic acids is 2. The maximum Gasteiger partial charge on any atom is 0.260 e. The minimum Gasteiger partial charge on any atom is -0.359 e. The maximum atomic E-state index is 12.6. The van der Waals surface area contributed by atoms with Gasteiger partial charge in [-0.25, -0.2) is 0 Å². The molecule has 0 unspecified atom stereocenters. The highest BCUT2D eigenvalue weighted by atomic mass is 32.1. The lowest BCUT2D eigenvalue weighted by Crippen LogP contribution is -2.55. The molecule has 148 valence electrons. The van der Waals surface area contributed by atoms with Gasteiger partial charge in [0.25, 0.3) is 11.8 Å². The van der Waals surface area contributed by atoms with Crippen LogP contribution in [-0.4, -0.2) is 29.0 Å². The van der Waals surface area contributed by atoms with Crippen LogP contribution in [0.15, 0.2) is 24.3 Å². The monoisotopic (exact) mass is 390 g/mol. The van der Waals surface area contributed by atoms with E-state index in [9.17, 15) is 9.59 Å². The highest BCUT2D eigenvalue weighted by Gasteiger charge is 2.23. The van der Waals surface area contributed by atoms with Crippen molar-refractivity contribution in [1.29, 1.82) is 0 Å². The lowest BCUT2D eigenvalue weighted by molar-refractivity contribution is -0.123. The Morgan fingerprint density at radius 1 is 1.15 bits per heavy atom. The molecular weight excluding hydrogens is 360 g/mol. The molecule has 2 rings (SSSR count). The van der Waals surface area contributed by atoms with Gasteiger partial charge in [0.1, 0.15) is 6.04 Å². The van der Waals surface area contributed by atoms with Crippen LogP contribution in [0.5, 0.6) is 0 Å². The van der Waals surface area contributed by atoms with Crippen LogP contribution in [0.1, 0.15) is 61.9 Å². The van der Waals surface area contributed by atoms with Gasteiger partial charge in [-0.05, 0) is 56.0 Å². The number of thiocarbonyl (C=S) groups is 1. The second-order valence-corrected chi connectivity index (χ2v) is 7.95. The van der Waals surface area contributed by atoms with Crippen LogP contribution < -0.4 is 21.5 Å². The van der Waals surface area contributed by atoms with Crippen LogP contribution >= 0.6 is 12.2 Å². The minimum atomic E-state index is -0.640. The van der Waals surface area contributed by atoms with Crippen molar-refractivity contribution in [2.75, 3.05) is 0 Å². The largest absolute Gasteiger partial charge is 0.359 e. The fraction of sp³-hybridized carbons (Fsp3) is 0.550. The van der Waals surface area contributed by atoms with Crippen molar-refractivity contribution in [3.63, 3.8) is 0 Å². The summed E-state index contributed by atoms with van der Waals surface area (Å²) in [6.07, 6.45) is 5.13. The highest BCUT2D eigenvalue weighted by molar-refractivity contribution is 7.80. The average Bonchev–Trinajstić information content (AvgIpc) is 3.12. The summed E-state index contributed by atoms with van der Waals surface area (Å²) in [5, 5.41) is 6.46. The molecule has 2 amide bonds. The van der Waals surface area contributed by atoms with Crippen LogP contribution in [0.2, 0.25) is 0 Å². The summed E-state index contributed by atoms with van der Waals surface area (Å²) in [6.45, 7) is 5.90. The third-order valence-corrected chi connectivity index (χ3v) is 4.93. The molecule has 0 bridgehead atoms. The predicted molar refractivity (Wildman–Crippen MR) is 111 cm³/mol. The van der Waals surface area contributed by atoms with Crippen LogP contribution in [0.25, 0.3) is 0 Å². The second-order valence-electron chi connectivity index (χ2n) is 7.54. The van der Waals surface area contributed by atoms with E-state index in [-0.39, 0.29) is 17.7 Å². The first-order valence-corrected chi connectivity index (χ1v) is 10.0. The third kappa shape index (κ3) is 6.82. The zero-order valence-corrected chi connectivity index (χ0v) is 17.1. The Kier molecular flexibility index (Phi) is 8.03. The van der Waals surface area contributed by atoms with E-state index in [1.807, 2.05) is 39.0 Å². The molecule has 1 fully saturated rings. The van der Waals surface area contributed by atoms with Gasteiger partial charge in [-0.3, -0.25) is 20.4 Å². The summed E-state index contributed by atoms with van der Waals surface area (Å²) in [5.74, 6) is -0.303. The lowest BCUT2D eigenvalue weighted by atomic mass is 10.0. The number of aryl methyl sites for hydroxylation is 1. The van der Waals surface area contributed by atoms with Crippen molar-refractivity contribution >= 4 is 29.1 Å². The predicted octanol–water partition coefficient (Wildman–Crippen LogP) is 2.58. The van der Waals surface area contributed by atoms with E-state index in [2.05, 4.69) is 21.5 Å². The van der Waals surface area contributed by atoms with Crippen molar-refractivity contribution in [2.24, 2.45) is 5.92 Å². The van der Waals surface area contributed by atoms with Crippen molar-refractivity contribution in [2.45, 2.75) is 65.0 Å². The van der Waals surface area contributed by atoms with Crippen LogP contribution in [0.3, 0.4) is 0 Å². The first-order chi connectivity index (χ1) is 12.9. The van der Waals surface area contributed by atoms with Crippen molar-refractivity contribution < 1.29 is 9.59 Å². The molecule has 1 atom stereocenters. The van der Waals surface area contributed by atoms with Gasteiger partial charge in [0.05, 0.1) is 0 Å². The summed E-state index contributed by atoms with van der Waals surface area (Å²) in [5.41, 5.74) is 6.83. The summed E-state index contributed by atoms with van der Waals surface area (Å²) in [6, 6.07) is 7.06. The Labute approximate surface area is 166 Å². The highest BCUT2D eigenvalue weighted by Crippen LogP contribution is 2.17. The van der Waals surface area contributed by atoms with E-state index in [1.165, 1.54) is 12.8 Å². The number of rotatable bonds is 6. The number of carbonyl (C=O) groups is 2. The molecule has 1 aromatic rings. The molecule has 0 radical (unpaired) electrons. The Bertz CT molecular complexity index is 672. The Hall–Kier alpha value is -2.15. The molecule has 0 aliphatic heterocycles. The summed E-state index contributed by atoms with van der Waals surface area (Å²) >= 11 is 5.24. The molecule has 1 aliphatic rings. The molecule has 0 heterocycles. The van der Waals surface area contributed by atoms with E-state index >= 15 is 0 Å². The van der Waals surface area contributed by atoms with Crippen molar-refractivity contribution in [3.05, 3.63) is 35.4 Å². The molecule has 7 heteroatoms. The summed E-state index contributed by atoms with van der Waals surface area (Å²) in [4.78, 5) is 25.2. The van der Waals surface area contributed by atoms with E-state index in [4.69, 9.17) is 12.2 Å². The van der Waals surface area contributed by atoms with Gasteiger partial charge in [0.2, 0.25) is 0 Å². The first-order valence-electron chi connectivity index (χ1n) is 9.59. The number of nitrogens with one attached hydrogen (secondary N) is 4. The van der Waals surface area contributed by atoms with Crippen LogP contribution in [-0.2, 0) is 4.79 Å². The number of hydrogen-bond acceptors (Lipinski definition) is 3. The fourth-order valence-electron chi connectivity index (χ4n) is 3.26. The van der Waals surface area contributed by atoms with Crippen molar-refractivity contribution in [3.8, 4) is 0 Å². The Morgan fingerprint density at radius 3 is 2.44 bits per heavy atom. The lowest BCUT2D eigenvalue weighted by Gasteiger charge is -2.22. The second kappa shape index (κ2) is 10.3. The standard InChI is InChI=1S/C20H30N4O2S/c1-13(2)12-17(22-18(25)16-11-7-4-8-14(16)3)19(26)23-24-20(27)21-15-9-5-6-10-15/h4,7-8,11,13,15,17H,5-6,9-10,12H2,1-3H3,(H,22,25)(H,23,26)(H2,21,24,27)/t17-/m1/s1. The molecule has 4 N–H and O–H groups in total. The molecule has 0 saturated heterocycles. The molecule has 0 aromatic heterocycles. The fourth-order valence-corrected chi connectivity index (χ4v) is 3.48. The van der Waals surface area contributed by atoms with Gasteiger partial charge in [-0.2, -0.15) is 0 Å². The molecule has 1 saturated carbocycles. The van der Waals surface area contributed by atoms with Gasteiger partial charge < -0.3 is 10.6 Å². The van der Waals surface area contributed by atoms with Gasteiger partial charge in [0.15, 0.2) is 5.11 Å². The summed E-state index contributed by atoms with van der Waals surface area (Å²) in [7, 11) is 0. The zero-order valence-electron chi connectivity index (χ0n) is 16.3. The van der Waals surface area contributed by atoms with Crippen LogP contribution in [0, 0.1) is 12.8 Å². The Morgan fingerprint density at radius 2 is 1.81 bits per heavy atom. The van der Waals surface area contributed by atoms with E-state index in [0.29, 0.717) is 23.1 Å². The zero-order chi connectivity index (χ0) is 19.8. The molecule has 27 heavy (non-hydrogen) atoms. The summed E-state index contributed by atoms with van der Waals surface area (Å²) < 4.78 is 0. The van der Waals surface area contributed by atoms with Gasteiger partial charge >= 0.3 is 0 Å². The molecule has 1 aliphatic carbocycles. The Balaban J connectivity index is 1.91. The smallest absolute Gasteiger partial charge is 0.260 e. The molecule has 6 nitrogen and oxygen atoms in total. The normalized spacial score (nSPS) is 15.3. The SMILES string of the molecule is Cc1ccccc1C(=O)N[C@H](CC(C)C)C(=O)NNC(=S)NC1CCCC1. The molecule has 1 aromatic carbocycles. The van der Waals surface area contributed by atoms with E-state index in [1.54, 1.807) is 6.07 Å². The quantitative estimate of drug-likeness (QED) is 0.443. The molecule has 0 spiro atoms. The topological polar surface area (TPSA) is 82.3 Å². The number of hydrazine groups is 1. The van der Waals surface area contributed by atoms with Gasteiger partial charge in [-0.1, -0.05) is 44.9 Å². The maximum absolute atomic E-state index is 12.6. The minimum absolute atomic E-state index is 0.249. The van der Waals surface area contributed by atoms with Crippen LogP contribution in [0.4, 0.5) is 0 Å². The van der Waals surface area contributed by atoms with Gasteiger partial charge in [0, 0.05) is 11.6 Å². The number of benzene rings is 1. The average molecular weight is 391 g/mol. The number of hydrogen-bond donors (Lipinski definition) is 4. The van der Waals surface area contributed by atoms with E-state index in [0.717, 1.165) is 18.4 Å². The van der Waals surface area contributed by atoms with E-state index < -0.39 is 6.04 Å². The van der Waals surface area contributed by atoms with Gasteiger partial charge in [-0.15, -0.1) is 0 Å². The number of amides is 2. The molecular formula is C20H30N4O2S. The van der Waals surface area contributed by atoms with Crippen molar-refractivity contribution in [1.82, 2.24) is 21.5 Å². The third-order valence-electron chi connectivity index (χ3n) is 4.71. The first kappa shape index (κ1) is 21.2.